The van der Waals surface area contributed by atoms with Crippen molar-refractivity contribution in [1.82, 2.24) is 4.98 Å². The first-order valence-electron chi connectivity index (χ1n) is 7.69. The molecular weight excluding hydrogens is 487 g/mol. The van der Waals surface area contributed by atoms with Crippen molar-refractivity contribution in [2.45, 2.75) is 6.42 Å². The minimum atomic E-state index is -1.02. The molecule has 3 aromatic rings. The van der Waals surface area contributed by atoms with Gasteiger partial charge < -0.3 is 5.11 Å². The molecule has 3 rings (SSSR count). The summed E-state index contributed by atoms with van der Waals surface area (Å²) >= 11 is 37.3. The number of carboxylic acids is 1. The fraction of sp³-hybridized carbons (Fsp3) is 0.0526. The Labute approximate surface area is 190 Å². The predicted octanol–water partition coefficient (Wildman–Crippen LogP) is 7.96. The minimum Gasteiger partial charge on any atom is -0.481 e. The molecule has 0 unspecified atom stereocenters. The molecular formula is C19H9Cl6NO2. The fourth-order valence-electron chi connectivity index (χ4n) is 2.74. The number of hydrogen-bond donors (Lipinski definition) is 1. The third-order valence-corrected chi connectivity index (χ3v) is 6.56. The van der Waals surface area contributed by atoms with Crippen molar-refractivity contribution < 1.29 is 9.90 Å². The maximum atomic E-state index is 11.4. The Balaban J connectivity index is 2.39. The molecule has 0 amide bonds. The fourth-order valence-corrected chi connectivity index (χ4v) is 4.00. The maximum absolute atomic E-state index is 11.4. The van der Waals surface area contributed by atoms with Gasteiger partial charge in [-0.3, -0.25) is 9.78 Å². The van der Waals surface area contributed by atoms with E-state index >= 15 is 0 Å². The first-order chi connectivity index (χ1) is 13.2. The monoisotopic (exact) mass is 493 g/mol. The van der Waals surface area contributed by atoms with Crippen molar-refractivity contribution in [2.75, 3.05) is 0 Å². The van der Waals surface area contributed by atoms with Crippen LogP contribution < -0.4 is 0 Å². The Hall–Kier alpha value is -1.20. The summed E-state index contributed by atoms with van der Waals surface area (Å²) < 4.78 is 0. The van der Waals surface area contributed by atoms with Crippen LogP contribution in [0.2, 0.25) is 30.1 Å². The third-order valence-electron chi connectivity index (χ3n) is 3.97. The average molecular weight is 496 g/mol. The van der Waals surface area contributed by atoms with Crippen LogP contribution in [-0.2, 0) is 11.2 Å². The van der Waals surface area contributed by atoms with Gasteiger partial charge in [-0.1, -0.05) is 75.7 Å². The first-order valence-corrected chi connectivity index (χ1v) is 9.96. The van der Waals surface area contributed by atoms with E-state index in [4.69, 9.17) is 69.6 Å². The number of aliphatic carboxylic acids is 1. The van der Waals surface area contributed by atoms with Gasteiger partial charge in [-0.15, -0.1) is 0 Å². The lowest BCUT2D eigenvalue weighted by molar-refractivity contribution is -0.136. The molecule has 28 heavy (non-hydrogen) atoms. The number of carbonyl (C=O) groups is 1. The van der Waals surface area contributed by atoms with Crippen LogP contribution >= 0.6 is 69.6 Å². The lowest BCUT2D eigenvalue weighted by atomic mass is 9.93. The summed E-state index contributed by atoms with van der Waals surface area (Å²) in [5.74, 6) is -1.02. The molecule has 0 aliphatic heterocycles. The summed E-state index contributed by atoms with van der Waals surface area (Å²) in [6, 6.07) is 8.04. The van der Waals surface area contributed by atoms with Crippen LogP contribution in [0.4, 0.5) is 0 Å². The third kappa shape index (κ3) is 4.06. The van der Waals surface area contributed by atoms with E-state index < -0.39 is 5.97 Å². The predicted molar refractivity (Wildman–Crippen MR) is 117 cm³/mol. The summed E-state index contributed by atoms with van der Waals surface area (Å²) in [6.45, 7) is 0. The number of aromatic nitrogens is 1. The molecule has 0 fully saturated rings. The largest absolute Gasteiger partial charge is 0.481 e. The van der Waals surface area contributed by atoms with Crippen LogP contribution in [0, 0.1) is 0 Å². The molecule has 2 aromatic carbocycles. The molecule has 0 aliphatic carbocycles. The Morgan fingerprint density at radius 3 is 1.89 bits per heavy atom. The van der Waals surface area contributed by atoms with E-state index in [1.807, 2.05) is 0 Å². The second kappa shape index (κ2) is 8.66. The highest BCUT2D eigenvalue weighted by Gasteiger charge is 2.22. The molecule has 0 aliphatic rings. The number of nitrogens with zero attached hydrogens (tertiary/aromatic N) is 1. The van der Waals surface area contributed by atoms with E-state index in [0.717, 1.165) is 0 Å². The lowest BCUT2D eigenvalue weighted by Crippen LogP contribution is -2.04. The number of pyridine rings is 1. The highest BCUT2D eigenvalue weighted by Crippen LogP contribution is 2.45. The number of carboxylic acid groups (broad SMARTS) is 1. The molecule has 9 heteroatoms. The molecule has 0 saturated carbocycles. The SMILES string of the molecule is O=C(O)Cc1ccnc(-c2ccc(Cl)c(Cl)c2Cl)c1-c1ccc(Cl)c(Cl)c1Cl. The van der Waals surface area contributed by atoms with Gasteiger partial charge in [0.1, 0.15) is 0 Å². The van der Waals surface area contributed by atoms with Crippen molar-refractivity contribution in [3.8, 4) is 22.4 Å². The van der Waals surface area contributed by atoms with Crippen LogP contribution in [0.3, 0.4) is 0 Å². The summed E-state index contributed by atoms with van der Waals surface area (Å²) in [7, 11) is 0. The minimum absolute atomic E-state index is 0.150. The summed E-state index contributed by atoms with van der Waals surface area (Å²) in [4.78, 5) is 15.8. The molecule has 1 aromatic heterocycles. The zero-order chi connectivity index (χ0) is 20.6. The number of halogens is 6. The first kappa shape index (κ1) is 21.5. The van der Waals surface area contributed by atoms with Crippen molar-refractivity contribution >= 4 is 75.6 Å². The zero-order valence-corrected chi connectivity index (χ0v) is 18.3. The van der Waals surface area contributed by atoms with Crippen molar-refractivity contribution in [3.05, 3.63) is 72.2 Å². The van der Waals surface area contributed by atoms with E-state index in [-0.39, 0.29) is 36.6 Å². The van der Waals surface area contributed by atoms with E-state index in [1.54, 1.807) is 30.3 Å². The number of hydrogen-bond acceptors (Lipinski definition) is 2. The lowest BCUT2D eigenvalue weighted by Gasteiger charge is -2.17. The standard InChI is InChI=1S/C19H9Cl6NO2/c20-11-3-1-9(15(22)17(11)24)14-8(7-13(27)28)5-6-26-19(14)10-2-4-12(21)18(25)16(10)23/h1-6H,7H2,(H,27,28). The molecule has 0 spiro atoms. The Morgan fingerprint density at radius 2 is 1.32 bits per heavy atom. The van der Waals surface area contributed by atoms with Gasteiger partial charge in [-0.05, 0) is 29.8 Å². The van der Waals surface area contributed by atoms with Gasteiger partial charge in [-0.2, -0.15) is 0 Å². The molecule has 3 nitrogen and oxygen atoms in total. The van der Waals surface area contributed by atoms with Crippen LogP contribution in [-0.4, -0.2) is 16.1 Å². The highest BCUT2D eigenvalue weighted by molar-refractivity contribution is 6.50. The van der Waals surface area contributed by atoms with Crippen LogP contribution in [0.1, 0.15) is 5.56 Å². The average Bonchev–Trinajstić information content (AvgIpc) is 2.65. The summed E-state index contributed by atoms with van der Waals surface area (Å²) in [5.41, 5.74) is 2.27. The van der Waals surface area contributed by atoms with Crippen LogP contribution in [0.5, 0.6) is 0 Å². The quantitative estimate of drug-likeness (QED) is 0.373. The molecule has 0 saturated heterocycles. The Kier molecular flexibility index (Phi) is 6.65. The van der Waals surface area contributed by atoms with Crippen LogP contribution in [0.15, 0.2) is 36.5 Å². The van der Waals surface area contributed by atoms with E-state index in [2.05, 4.69) is 4.98 Å². The zero-order valence-electron chi connectivity index (χ0n) is 13.7. The Bertz CT molecular complexity index is 1100. The molecule has 1 heterocycles. The molecule has 1 N–H and O–H groups in total. The molecule has 144 valence electrons. The van der Waals surface area contributed by atoms with E-state index in [0.29, 0.717) is 27.9 Å². The van der Waals surface area contributed by atoms with Gasteiger partial charge in [-0.25, -0.2) is 0 Å². The van der Waals surface area contributed by atoms with Gasteiger partial charge in [0.05, 0.1) is 42.3 Å². The van der Waals surface area contributed by atoms with Gasteiger partial charge in [0.15, 0.2) is 0 Å². The summed E-state index contributed by atoms with van der Waals surface area (Å²) in [6.07, 6.45) is 1.22. The number of rotatable bonds is 4. The van der Waals surface area contributed by atoms with Gasteiger partial charge >= 0.3 is 5.97 Å². The molecule has 0 radical (unpaired) electrons. The van der Waals surface area contributed by atoms with Crippen molar-refractivity contribution in [2.24, 2.45) is 0 Å². The molecule has 0 bridgehead atoms. The Morgan fingerprint density at radius 1 is 0.786 bits per heavy atom. The summed E-state index contributed by atoms with van der Waals surface area (Å²) in [5, 5.41) is 10.6. The van der Waals surface area contributed by atoms with E-state index in [1.165, 1.54) is 6.20 Å². The highest BCUT2D eigenvalue weighted by atomic mass is 35.5. The normalized spacial score (nSPS) is 10.9. The van der Waals surface area contributed by atoms with E-state index in [9.17, 15) is 9.90 Å². The van der Waals surface area contributed by atoms with Gasteiger partial charge in [0.2, 0.25) is 0 Å². The van der Waals surface area contributed by atoms with Crippen molar-refractivity contribution in [3.63, 3.8) is 0 Å². The molecule has 0 atom stereocenters. The topological polar surface area (TPSA) is 50.2 Å². The smallest absolute Gasteiger partial charge is 0.307 e. The second-order valence-electron chi connectivity index (χ2n) is 5.71. The van der Waals surface area contributed by atoms with Gasteiger partial charge in [0, 0.05) is 22.9 Å². The number of benzene rings is 2. The van der Waals surface area contributed by atoms with Crippen LogP contribution in [0.25, 0.3) is 22.4 Å². The van der Waals surface area contributed by atoms with Gasteiger partial charge in [0.25, 0.3) is 0 Å². The van der Waals surface area contributed by atoms with Crippen molar-refractivity contribution in [1.29, 1.82) is 0 Å². The second-order valence-corrected chi connectivity index (χ2v) is 8.04. The maximum Gasteiger partial charge on any atom is 0.307 e.